The smallest absolute Gasteiger partial charge is 0.201 e. The molecule has 0 amide bonds. The van der Waals surface area contributed by atoms with Gasteiger partial charge in [0.05, 0.1) is 0 Å². The molecule has 1 unspecified atom stereocenters. The molecule has 0 saturated carbocycles. The number of hydrogen-bond acceptors (Lipinski definition) is 3. The minimum Gasteiger partial charge on any atom is -0.201 e. The molecule has 2 aliphatic rings. The molecule has 0 N–H and O–H groups in total. The second-order valence-electron chi connectivity index (χ2n) is 3.17. The molecule has 0 aliphatic carbocycles. The first-order chi connectivity index (χ1) is 5.77. The van der Waals surface area contributed by atoms with Crippen molar-refractivity contribution >= 4 is 12.6 Å². The maximum absolute atomic E-state index is 4.24. The van der Waals surface area contributed by atoms with E-state index in [1.54, 1.807) is 11.0 Å². The SMILES string of the molecule is CC(C)C1=C[N+]2=NC=NC2N=C1. The zero-order chi connectivity index (χ0) is 8.55. The van der Waals surface area contributed by atoms with Crippen LogP contribution in [0.3, 0.4) is 0 Å². The van der Waals surface area contributed by atoms with E-state index in [4.69, 9.17) is 0 Å². The summed E-state index contributed by atoms with van der Waals surface area (Å²) in [4.78, 5) is 8.28. The lowest BCUT2D eigenvalue weighted by Gasteiger charge is -2.07. The summed E-state index contributed by atoms with van der Waals surface area (Å²) in [5, 5.41) is 4.04. The Bertz CT molecular complexity index is 309. The van der Waals surface area contributed by atoms with Gasteiger partial charge in [-0.05, 0) is 10.6 Å². The fraction of sp³-hybridized carbons (Fsp3) is 0.500. The quantitative estimate of drug-likeness (QED) is 0.524. The molecule has 0 aromatic carbocycles. The molecule has 0 fully saturated rings. The Kier molecular flexibility index (Phi) is 1.60. The first-order valence-electron chi connectivity index (χ1n) is 4.03. The van der Waals surface area contributed by atoms with Gasteiger partial charge in [0, 0.05) is 16.9 Å². The van der Waals surface area contributed by atoms with Crippen molar-refractivity contribution in [1.82, 2.24) is 0 Å². The van der Waals surface area contributed by atoms with E-state index in [1.807, 2.05) is 12.4 Å². The third-order valence-electron chi connectivity index (χ3n) is 1.93. The molecule has 1 atom stereocenters. The van der Waals surface area contributed by atoms with Crippen LogP contribution in [-0.4, -0.2) is 23.5 Å². The molecule has 2 heterocycles. The molecule has 62 valence electrons. The molecule has 0 radical (unpaired) electrons. The Hall–Kier alpha value is -1.32. The van der Waals surface area contributed by atoms with Gasteiger partial charge in [-0.15, -0.1) is 0 Å². The highest BCUT2D eigenvalue weighted by molar-refractivity contribution is 5.79. The number of rotatable bonds is 1. The topological polar surface area (TPSA) is 40.1 Å². The number of aliphatic imine (C=N–C) groups is 2. The maximum atomic E-state index is 4.24. The van der Waals surface area contributed by atoms with E-state index < -0.39 is 0 Å². The molecule has 0 aromatic rings. The molecule has 2 aliphatic heterocycles. The molecule has 12 heavy (non-hydrogen) atoms. The van der Waals surface area contributed by atoms with Crippen molar-refractivity contribution in [3.8, 4) is 0 Å². The highest BCUT2D eigenvalue weighted by Crippen LogP contribution is 2.15. The van der Waals surface area contributed by atoms with E-state index in [0.717, 1.165) is 0 Å². The summed E-state index contributed by atoms with van der Waals surface area (Å²) in [5.74, 6) is 0.491. The monoisotopic (exact) mass is 163 g/mol. The standard InChI is InChI=1S/C8H11N4/c1-6(2)7-3-9-8-10-5-11-12(8)4-7/h3-6,8H,1-2H3/q+1. The van der Waals surface area contributed by atoms with Crippen molar-refractivity contribution in [2.24, 2.45) is 21.0 Å². The van der Waals surface area contributed by atoms with Gasteiger partial charge in [-0.2, -0.15) is 4.99 Å². The summed E-state index contributed by atoms with van der Waals surface area (Å²) in [6, 6.07) is 0. The van der Waals surface area contributed by atoms with Crippen molar-refractivity contribution in [2.45, 2.75) is 20.1 Å². The van der Waals surface area contributed by atoms with Crippen molar-refractivity contribution in [2.75, 3.05) is 0 Å². The van der Waals surface area contributed by atoms with Crippen molar-refractivity contribution in [3.63, 3.8) is 0 Å². The van der Waals surface area contributed by atoms with Crippen LogP contribution >= 0.6 is 0 Å². The van der Waals surface area contributed by atoms with Gasteiger partial charge < -0.3 is 0 Å². The Morgan fingerprint density at radius 1 is 1.42 bits per heavy atom. The number of azo groups is 2. The molecular formula is C8H11N4+. The molecule has 0 aromatic heterocycles. The predicted octanol–water partition coefficient (Wildman–Crippen LogP) is 1.40. The minimum absolute atomic E-state index is 0.132. The van der Waals surface area contributed by atoms with Crippen LogP contribution in [0.2, 0.25) is 0 Å². The largest absolute Gasteiger partial charge is 0.376 e. The third-order valence-corrected chi connectivity index (χ3v) is 1.93. The van der Waals surface area contributed by atoms with Crippen LogP contribution in [0.15, 0.2) is 26.9 Å². The lowest BCUT2D eigenvalue weighted by Crippen LogP contribution is -2.18. The van der Waals surface area contributed by atoms with Crippen LogP contribution in [0.5, 0.6) is 0 Å². The summed E-state index contributed by atoms with van der Waals surface area (Å²) in [6.07, 6.45) is 5.29. The second-order valence-corrected chi connectivity index (χ2v) is 3.17. The van der Waals surface area contributed by atoms with Crippen molar-refractivity contribution in [3.05, 3.63) is 11.8 Å². The fourth-order valence-electron chi connectivity index (χ4n) is 1.12. The average Bonchev–Trinajstić information content (AvgIpc) is 2.49. The maximum Gasteiger partial charge on any atom is 0.376 e. The van der Waals surface area contributed by atoms with Crippen LogP contribution < -0.4 is 0 Å². The van der Waals surface area contributed by atoms with E-state index in [0.29, 0.717) is 5.92 Å². The van der Waals surface area contributed by atoms with Gasteiger partial charge in [-0.3, -0.25) is 0 Å². The first kappa shape index (κ1) is 7.34. The Balaban J connectivity index is 2.28. The molecule has 0 bridgehead atoms. The number of nitrogens with zero attached hydrogens (tertiary/aromatic N) is 4. The fourth-order valence-corrected chi connectivity index (χ4v) is 1.12. The Morgan fingerprint density at radius 2 is 2.25 bits per heavy atom. The molecular weight excluding hydrogens is 152 g/mol. The van der Waals surface area contributed by atoms with Crippen LogP contribution in [0.1, 0.15) is 13.8 Å². The second kappa shape index (κ2) is 2.62. The number of hydrogen-bond donors (Lipinski definition) is 0. The highest BCUT2D eigenvalue weighted by Gasteiger charge is 2.26. The summed E-state index contributed by atoms with van der Waals surface area (Å²) in [7, 11) is 0. The van der Waals surface area contributed by atoms with Gasteiger partial charge >= 0.3 is 6.29 Å². The normalized spacial score (nSPS) is 25.8. The summed E-state index contributed by atoms with van der Waals surface area (Å²) in [5.41, 5.74) is 1.19. The molecule has 0 saturated heterocycles. The van der Waals surface area contributed by atoms with E-state index in [1.165, 1.54) is 5.57 Å². The Morgan fingerprint density at radius 3 is 3.00 bits per heavy atom. The van der Waals surface area contributed by atoms with Crippen LogP contribution in [0.4, 0.5) is 0 Å². The molecule has 4 nitrogen and oxygen atoms in total. The van der Waals surface area contributed by atoms with Gasteiger partial charge in [0.1, 0.15) is 0 Å². The lowest BCUT2D eigenvalue weighted by molar-refractivity contribution is -0.552. The minimum atomic E-state index is -0.132. The van der Waals surface area contributed by atoms with E-state index in [2.05, 4.69) is 28.9 Å². The zero-order valence-electron chi connectivity index (χ0n) is 7.18. The third kappa shape index (κ3) is 1.09. The van der Waals surface area contributed by atoms with Crippen LogP contribution in [0.25, 0.3) is 0 Å². The predicted molar refractivity (Wildman–Crippen MR) is 46.4 cm³/mol. The summed E-state index contributed by atoms with van der Waals surface area (Å²) >= 11 is 0. The number of allylic oxidation sites excluding steroid dienone is 1. The molecule has 0 spiro atoms. The van der Waals surface area contributed by atoms with Crippen molar-refractivity contribution < 1.29 is 4.70 Å². The summed E-state index contributed by atoms with van der Waals surface area (Å²) < 4.78 is 1.77. The highest BCUT2D eigenvalue weighted by atomic mass is 15.4. The van der Waals surface area contributed by atoms with Gasteiger partial charge in [0.25, 0.3) is 0 Å². The van der Waals surface area contributed by atoms with Crippen LogP contribution in [-0.2, 0) is 0 Å². The van der Waals surface area contributed by atoms with Gasteiger partial charge in [-0.25, -0.2) is 4.99 Å². The van der Waals surface area contributed by atoms with Gasteiger partial charge in [0.15, 0.2) is 6.34 Å². The lowest BCUT2D eigenvalue weighted by atomic mass is 10.1. The first-order valence-corrected chi connectivity index (χ1v) is 4.03. The zero-order valence-corrected chi connectivity index (χ0v) is 7.18. The van der Waals surface area contributed by atoms with E-state index in [-0.39, 0.29) is 6.29 Å². The van der Waals surface area contributed by atoms with Gasteiger partial charge in [-0.1, -0.05) is 13.8 Å². The van der Waals surface area contributed by atoms with Crippen LogP contribution in [0, 0.1) is 5.92 Å². The van der Waals surface area contributed by atoms with E-state index >= 15 is 0 Å². The van der Waals surface area contributed by atoms with Gasteiger partial charge in [0.2, 0.25) is 6.20 Å². The van der Waals surface area contributed by atoms with Crippen molar-refractivity contribution in [1.29, 1.82) is 0 Å². The average molecular weight is 163 g/mol. The Labute approximate surface area is 71.0 Å². The molecule has 2 rings (SSSR count). The number of fused-ring (bicyclic) bond motifs is 1. The van der Waals surface area contributed by atoms with E-state index in [9.17, 15) is 0 Å². The summed E-state index contributed by atoms with van der Waals surface area (Å²) in [6.45, 7) is 4.27. The molecule has 4 heteroatoms.